The van der Waals surface area contributed by atoms with Crippen LogP contribution in [0.25, 0.3) is 0 Å². The van der Waals surface area contributed by atoms with Crippen molar-refractivity contribution in [3.63, 3.8) is 0 Å². The minimum Gasteiger partial charge on any atom is -0.487 e. The smallest absolute Gasteiger partial charge is 0.130 e. The van der Waals surface area contributed by atoms with Crippen molar-refractivity contribution in [2.24, 2.45) is 13.0 Å². The van der Waals surface area contributed by atoms with Gasteiger partial charge in [0.25, 0.3) is 0 Å². The van der Waals surface area contributed by atoms with Gasteiger partial charge < -0.3 is 14.6 Å². The number of hydrogen-bond acceptors (Lipinski definition) is 3. The molecule has 5 heteroatoms. The van der Waals surface area contributed by atoms with Crippen LogP contribution in [0.1, 0.15) is 25.1 Å². The topological polar surface area (TPSA) is 39.1 Å². The molecule has 0 unspecified atom stereocenters. The number of nitrogens with one attached hydrogen (secondary N) is 1. The van der Waals surface area contributed by atoms with Gasteiger partial charge in [-0.05, 0) is 30.7 Å². The van der Waals surface area contributed by atoms with Gasteiger partial charge in [0, 0.05) is 24.2 Å². The van der Waals surface area contributed by atoms with Gasteiger partial charge in [-0.15, -0.1) is 0 Å². The Morgan fingerprint density at radius 3 is 2.86 bits per heavy atom. The molecule has 0 spiro atoms. The number of ether oxygens (including phenoxy) is 1. The number of benzene rings is 1. The summed E-state index contributed by atoms with van der Waals surface area (Å²) in [4.78, 5) is 4.09. The normalized spacial score (nSPS) is 11.1. The third kappa shape index (κ3) is 4.76. The average molecular weight is 308 g/mol. The first-order valence-electron chi connectivity index (χ1n) is 7.13. The van der Waals surface area contributed by atoms with Crippen molar-refractivity contribution in [1.29, 1.82) is 0 Å². The zero-order valence-corrected chi connectivity index (χ0v) is 13.5. The fourth-order valence-electron chi connectivity index (χ4n) is 2.00. The molecule has 0 radical (unpaired) electrons. The molecule has 1 aromatic heterocycles. The number of imidazole rings is 1. The molecule has 2 rings (SSSR count). The highest BCUT2D eigenvalue weighted by Crippen LogP contribution is 2.23. The largest absolute Gasteiger partial charge is 0.487 e. The van der Waals surface area contributed by atoms with Crippen LogP contribution in [0.4, 0.5) is 0 Å². The Morgan fingerprint density at radius 2 is 2.19 bits per heavy atom. The molecule has 0 saturated heterocycles. The lowest BCUT2D eigenvalue weighted by Gasteiger charge is -2.14. The standard InChI is InChI=1S/C16H22ClN3O/c1-12(2)7-18-8-13-6-14(17)4-5-16(13)21-10-15-9-19-11-20(15)3/h4-6,9,11-12,18H,7-8,10H2,1-3H3. The maximum atomic E-state index is 6.09. The minimum absolute atomic E-state index is 0.495. The maximum Gasteiger partial charge on any atom is 0.130 e. The molecule has 0 amide bonds. The monoisotopic (exact) mass is 307 g/mol. The summed E-state index contributed by atoms with van der Waals surface area (Å²) in [5.41, 5.74) is 2.11. The van der Waals surface area contributed by atoms with Crippen LogP contribution in [0.2, 0.25) is 5.02 Å². The first kappa shape index (κ1) is 15.9. The Balaban J connectivity index is 2.02. The quantitative estimate of drug-likeness (QED) is 0.852. The molecule has 0 saturated carbocycles. The van der Waals surface area contributed by atoms with Crippen LogP contribution >= 0.6 is 11.6 Å². The summed E-state index contributed by atoms with van der Waals surface area (Å²) in [6, 6.07) is 5.73. The summed E-state index contributed by atoms with van der Waals surface area (Å²) in [6.45, 7) is 6.58. The van der Waals surface area contributed by atoms with Crippen molar-refractivity contribution < 1.29 is 4.74 Å². The van der Waals surface area contributed by atoms with Crippen LogP contribution in [0, 0.1) is 5.92 Å². The van der Waals surface area contributed by atoms with E-state index in [4.69, 9.17) is 16.3 Å². The number of hydrogen-bond donors (Lipinski definition) is 1. The minimum atomic E-state index is 0.495. The van der Waals surface area contributed by atoms with Crippen LogP contribution < -0.4 is 10.1 Å². The van der Waals surface area contributed by atoms with Gasteiger partial charge in [0.05, 0.1) is 18.2 Å². The van der Waals surface area contributed by atoms with E-state index in [1.54, 1.807) is 6.33 Å². The van der Waals surface area contributed by atoms with Gasteiger partial charge in [0.2, 0.25) is 0 Å². The Labute approximate surface area is 131 Å². The van der Waals surface area contributed by atoms with E-state index in [0.29, 0.717) is 12.5 Å². The third-order valence-corrected chi connectivity index (χ3v) is 3.42. The van der Waals surface area contributed by atoms with Crippen molar-refractivity contribution in [1.82, 2.24) is 14.9 Å². The van der Waals surface area contributed by atoms with Crippen molar-refractivity contribution in [3.05, 3.63) is 47.0 Å². The van der Waals surface area contributed by atoms with E-state index in [9.17, 15) is 0 Å². The molecule has 0 bridgehead atoms. The lowest BCUT2D eigenvalue weighted by Crippen LogP contribution is -2.19. The second-order valence-corrected chi connectivity index (χ2v) is 6.00. The van der Waals surface area contributed by atoms with Crippen LogP contribution in [0.3, 0.4) is 0 Å². The molecule has 1 N–H and O–H groups in total. The first-order chi connectivity index (χ1) is 10.1. The third-order valence-electron chi connectivity index (χ3n) is 3.18. The van der Waals surface area contributed by atoms with Crippen LogP contribution in [-0.4, -0.2) is 16.1 Å². The summed E-state index contributed by atoms with van der Waals surface area (Å²) in [6.07, 6.45) is 3.58. The number of aromatic nitrogens is 2. The number of halogens is 1. The summed E-state index contributed by atoms with van der Waals surface area (Å²) in [5.74, 6) is 1.47. The molecule has 1 aromatic carbocycles. The molecular weight excluding hydrogens is 286 g/mol. The van der Waals surface area contributed by atoms with Crippen molar-refractivity contribution in [2.75, 3.05) is 6.54 Å². The highest BCUT2D eigenvalue weighted by Gasteiger charge is 2.07. The van der Waals surface area contributed by atoms with E-state index >= 15 is 0 Å². The van der Waals surface area contributed by atoms with E-state index in [-0.39, 0.29) is 0 Å². The van der Waals surface area contributed by atoms with Gasteiger partial charge in [-0.25, -0.2) is 4.98 Å². The Kier molecular flexibility index (Phi) is 5.65. The van der Waals surface area contributed by atoms with E-state index < -0.39 is 0 Å². The molecule has 21 heavy (non-hydrogen) atoms. The number of aryl methyl sites for hydroxylation is 1. The summed E-state index contributed by atoms with van der Waals surface area (Å²) < 4.78 is 7.87. The average Bonchev–Trinajstić information content (AvgIpc) is 2.83. The number of nitrogens with zero attached hydrogens (tertiary/aromatic N) is 2. The van der Waals surface area contributed by atoms with E-state index in [1.165, 1.54) is 0 Å². The summed E-state index contributed by atoms with van der Waals surface area (Å²) in [7, 11) is 1.96. The fourth-order valence-corrected chi connectivity index (χ4v) is 2.19. The van der Waals surface area contributed by atoms with Gasteiger partial charge in [0.1, 0.15) is 12.4 Å². The van der Waals surface area contributed by atoms with Gasteiger partial charge in [0.15, 0.2) is 0 Å². The molecule has 1 heterocycles. The van der Waals surface area contributed by atoms with Gasteiger partial charge in [-0.1, -0.05) is 25.4 Å². The summed E-state index contributed by atoms with van der Waals surface area (Å²) in [5, 5.41) is 4.14. The zero-order chi connectivity index (χ0) is 15.2. The molecule has 0 aliphatic heterocycles. The fraction of sp³-hybridized carbons (Fsp3) is 0.438. The van der Waals surface area contributed by atoms with Crippen LogP contribution in [0.5, 0.6) is 5.75 Å². The van der Waals surface area contributed by atoms with Crippen LogP contribution in [-0.2, 0) is 20.2 Å². The van der Waals surface area contributed by atoms with Gasteiger partial charge in [-0.3, -0.25) is 0 Å². The molecular formula is C16H22ClN3O. The SMILES string of the molecule is CC(C)CNCc1cc(Cl)ccc1OCc1cncn1C. The molecule has 4 nitrogen and oxygen atoms in total. The maximum absolute atomic E-state index is 6.09. The Hall–Kier alpha value is -1.52. The van der Waals surface area contributed by atoms with E-state index in [0.717, 1.165) is 35.1 Å². The Morgan fingerprint density at radius 1 is 1.38 bits per heavy atom. The second-order valence-electron chi connectivity index (χ2n) is 5.56. The zero-order valence-electron chi connectivity index (χ0n) is 12.8. The second kappa shape index (κ2) is 7.48. The number of rotatable bonds is 7. The van der Waals surface area contributed by atoms with Gasteiger partial charge in [-0.2, -0.15) is 0 Å². The lowest BCUT2D eigenvalue weighted by molar-refractivity contribution is 0.293. The summed E-state index contributed by atoms with van der Waals surface area (Å²) >= 11 is 6.09. The van der Waals surface area contributed by atoms with Crippen molar-refractivity contribution >= 4 is 11.6 Å². The van der Waals surface area contributed by atoms with Crippen molar-refractivity contribution in [3.8, 4) is 5.75 Å². The molecule has 2 aromatic rings. The highest BCUT2D eigenvalue weighted by atomic mass is 35.5. The predicted octanol–water partition coefficient (Wildman–Crippen LogP) is 3.40. The Bertz CT molecular complexity index is 581. The highest BCUT2D eigenvalue weighted by molar-refractivity contribution is 6.30. The van der Waals surface area contributed by atoms with Gasteiger partial charge >= 0.3 is 0 Å². The molecule has 0 aliphatic rings. The van der Waals surface area contributed by atoms with E-state index in [2.05, 4.69) is 24.1 Å². The van der Waals surface area contributed by atoms with E-state index in [1.807, 2.05) is 36.0 Å². The first-order valence-corrected chi connectivity index (χ1v) is 7.51. The van der Waals surface area contributed by atoms with Crippen LogP contribution in [0.15, 0.2) is 30.7 Å². The molecule has 0 fully saturated rings. The molecule has 0 atom stereocenters. The van der Waals surface area contributed by atoms with Crippen molar-refractivity contribution in [2.45, 2.75) is 27.0 Å². The molecule has 114 valence electrons. The molecule has 0 aliphatic carbocycles. The predicted molar refractivity (Wildman–Crippen MR) is 85.5 cm³/mol. The lowest BCUT2D eigenvalue weighted by atomic mass is 10.2.